The van der Waals surface area contributed by atoms with E-state index in [0.717, 1.165) is 22.0 Å². The van der Waals surface area contributed by atoms with Gasteiger partial charge in [0.05, 0.1) is 11.4 Å². The van der Waals surface area contributed by atoms with Gasteiger partial charge in [-0.3, -0.25) is 4.98 Å². The number of aromatic nitrogens is 1. The van der Waals surface area contributed by atoms with Gasteiger partial charge < -0.3 is 4.74 Å². The van der Waals surface area contributed by atoms with E-state index in [4.69, 9.17) is 16.3 Å². The molecule has 1 fully saturated rings. The number of nitrogens with zero attached hydrogens (tertiary/aromatic N) is 2. The molecule has 0 aliphatic carbocycles. The number of sulfonamides is 1. The average Bonchev–Trinajstić information content (AvgIpc) is 3.29. The molecular weight excluding hydrogens is 444 g/mol. The molecule has 0 bridgehead atoms. The van der Waals surface area contributed by atoms with Crippen LogP contribution in [0.4, 0.5) is 0 Å². The van der Waals surface area contributed by atoms with Gasteiger partial charge in [0, 0.05) is 23.2 Å². The summed E-state index contributed by atoms with van der Waals surface area (Å²) in [6.45, 7) is 0.725. The summed E-state index contributed by atoms with van der Waals surface area (Å²) in [4.78, 5) is 4.69. The number of pyridine rings is 1. The van der Waals surface area contributed by atoms with E-state index < -0.39 is 10.0 Å². The van der Waals surface area contributed by atoms with E-state index in [1.165, 1.54) is 4.31 Å². The first-order valence-electron chi connectivity index (χ1n) is 10.4. The van der Waals surface area contributed by atoms with Crippen molar-refractivity contribution in [3.63, 3.8) is 0 Å². The highest BCUT2D eigenvalue weighted by molar-refractivity contribution is 7.89. The molecule has 5 nitrogen and oxygen atoms in total. The largest absolute Gasteiger partial charge is 0.487 e. The Hall–Kier alpha value is -2.93. The third-order valence-electron chi connectivity index (χ3n) is 5.65. The molecule has 1 atom stereocenters. The molecule has 3 aromatic carbocycles. The Kier molecular flexibility index (Phi) is 5.59. The van der Waals surface area contributed by atoms with Crippen LogP contribution >= 0.6 is 11.6 Å². The quantitative estimate of drug-likeness (QED) is 0.397. The molecule has 4 aromatic rings. The molecule has 2 heterocycles. The number of hydrogen-bond acceptors (Lipinski definition) is 4. The van der Waals surface area contributed by atoms with Crippen LogP contribution in [0.5, 0.6) is 5.75 Å². The molecule has 1 unspecified atom stereocenters. The van der Waals surface area contributed by atoms with Crippen LogP contribution in [0.3, 0.4) is 0 Å². The number of benzene rings is 3. The first-order valence-corrected chi connectivity index (χ1v) is 12.2. The van der Waals surface area contributed by atoms with Crippen molar-refractivity contribution < 1.29 is 13.2 Å². The summed E-state index contributed by atoms with van der Waals surface area (Å²) in [7, 11) is -3.60. The van der Waals surface area contributed by atoms with E-state index in [1.807, 2.05) is 66.7 Å². The summed E-state index contributed by atoms with van der Waals surface area (Å²) in [6, 6.07) is 24.0. The summed E-state index contributed by atoms with van der Waals surface area (Å²) in [5.74, 6) is 0.679. The van der Waals surface area contributed by atoms with Crippen LogP contribution in [0, 0.1) is 0 Å². The number of para-hydroxylation sites is 1. The Labute approximate surface area is 192 Å². The van der Waals surface area contributed by atoms with E-state index in [1.54, 1.807) is 18.3 Å². The second-order valence-electron chi connectivity index (χ2n) is 7.76. The fourth-order valence-electron chi connectivity index (χ4n) is 4.00. The highest BCUT2D eigenvalue weighted by Crippen LogP contribution is 2.29. The van der Waals surface area contributed by atoms with Crippen molar-refractivity contribution in [3.8, 4) is 16.9 Å². The molecule has 0 spiro atoms. The summed E-state index contributed by atoms with van der Waals surface area (Å²) < 4.78 is 34.0. The minimum Gasteiger partial charge on any atom is -0.487 e. The minimum absolute atomic E-state index is 0.219. The lowest BCUT2D eigenvalue weighted by molar-refractivity contribution is 0.218. The second-order valence-corrected chi connectivity index (χ2v) is 10.1. The zero-order valence-electron chi connectivity index (χ0n) is 17.2. The number of ether oxygens (including phenoxy) is 1. The highest BCUT2D eigenvalue weighted by atomic mass is 35.5. The molecule has 1 aliphatic heterocycles. The number of fused-ring (bicyclic) bond motifs is 1. The zero-order valence-corrected chi connectivity index (χ0v) is 18.8. The van der Waals surface area contributed by atoms with E-state index in [0.29, 0.717) is 30.3 Å². The van der Waals surface area contributed by atoms with Crippen molar-refractivity contribution in [3.05, 3.63) is 90.1 Å². The van der Waals surface area contributed by atoms with E-state index in [9.17, 15) is 8.42 Å². The minimum atomic E-state index is -3.60. The van der Waals surface area contributed by atoms with Crippen molar-refractivity contribution in [2.75, 3.05) is 13.1 Å². The summed E-state index contributed by atoms with van der Waals surface area (Å²) >= 11 is 6.07. The van der Waals surface area contributed by atoms with Gasteiger partial charge in [-0.05, 0) is 53.9 Å². The maximum atomic E-state index is 13.2. The lowest BCUT2D eigenvalue weighted by atomic mass is 10.1. The lowest BCUT2D eigenvalue weighted by Crippen LogP contribution is -2.31. The smallest absolute Gasteiger partial charge is 0.243 e. The van der Waals surface area contributed by atoms with Gasteiger partial charge in [0.15, 0.2) is 0 Å². The number of halogens is 1. The van der Waals surface area contributed by atoms with Gasteiger partial charge in [0.25, 0.3) is 0 Å². The van der Waals surface area contributed by atoms with Gasteiger partial charge in [0.1, 0.15) is 17.4 Å². The topological polar surface area (TPSA) is 59.5 Å². The maximum Gasteiger partial charge on any atom is 0.243 e. The van der Waals surface area contributed by atoms with Gasteiger partial charge >= 0.3 is 0 Å². The van der Waals surface area contributed by atoms with Crippen molar-refractivity contribution in [1.82, 2.24) is 9.29 Å². The van der Waals surface area contributed by atoms with E-state index >= 15 is 0 Å². The Morgan fingerprint density at radius 2 is 1.72 bits per heavy atom. The van der Waals surface area contributed by atoms with Gasteiger partial charge in [0.2, 0.25) is 10.0 Å². The second kappa shape index (κ2) is 8.54. The fraction of sp³-hybridized carbons (Fsp3) is 0.160. The van der Waals surface area contributed by atoms with Gasteiger partial charge in [-0.15, -0.1) is 0 Å². The van der Waals surface area contributed by atoms with Crippen LogP contribution in [0.1, 0.15) is 6.42 Å². The van der Waals surface area contributed by atoms with Crippen LogP contribution in [0.15, 0.2) is 90.0 Å². The number of rotatable bonds is 5. The van der Waals surface area contributed by atoms with Crippen molar-refractivity contribution in [2.45, 2.75) is 17.4 Å². The summed E-state index contributed by atoms with van der Waals surface area (Å²) in [5, 5.41) is 1.64. The van der Waals surface area contributed by atoms with Crippen LogP contribution in [0.25, 0.3) is 22.0 Å². The van der Waals surface area contributed by atoms with Gasteiger partial charge in [-0.2, -0.15) is 4.31 Å². The molecule has 0 saturated carbocycles. The first kappa shape index (κ1) is 20.9. The Balaban J connectivity index is 1.32. The molecule has 0 N–H and O–H groups in total. The fourth-order valence-corrected chi connectivity index (χ4v) is 5.68. The maximum absolute atomic E-state index is 13.2. The molecule has 1 aliphatic rings. The van der Waals surface area contributed by atoms with Crippen LogP contribution in [0.2, 0.25) is 5.02 Å². The Morgan fingerprint density at radius 3 is 2.53 bits per heavy atom. The predicted molar refractivity (Wildman–Crippen MR) is 126 cm³/mol. The molecular formula is C25H21ClN2O3S. The summed E-state index contributed by atoms with van der Waals surface area (Å²) in [6.07, 6.45) is 2.14. The zero-order chi connectivity index (χ0) is 22.1. The Bertz CT molecular complexity index is 1370. The molecule has 1 aromatic heterocycles. The van der Waals surface area contributed by atoms with Crippen molar-refractivity contribution in [1.29, 1.82) is 0 Å². The highest BCUT2D eigenvalue weighted by Gasteiger charge is 2.34. The third-order valence-corrected chi connectivity index (χ3v) is 7.76. The van der Waals surface area contributed by atoms with Crippen LogP contribution < -0.4 is 4.74 Å². The molecule has 7 heteroatoms. The van der Waals surface area contributed by atoms with Gasteiger partial charge in [-0.1, -0.05) is 54.1 Å². The third kappa shape index (κ3) is 4.09. The SMILES string of the molecule is O=S(=O)(c1ccc(-c2cccc(Cl)c2)cc1)N1CCC(Oc2cccc3cccnc23)C1. The van der Waals surface area contributed by atoms with Crippen molar-refractivity contribution >= 4 is 32.5 Å². The normalized spacial score (nSPS) is 17.0. The van der Waals surface area contributed by atoms with Crippen molar-refractivity contribution in [2.24, 2.45) is 0 Å². The molecule has 162 valence electrons. The number of hydrogen-bond donors (Lipinski definition) is 0. The summed E-state index contributed by atoms with van der Waals surface area (Å²) in [5.41, 5.74) is 2.64. The van der Waals surface area contributed by atoms with Gasteiger partial charge in [-0.25, -0.2) is 8.42 Å². The monoisotopic (exact) mass is 464 g/mol. The Morgan fingerprint density at radius 1 is 0.938 bits per heavy atom. The first-order chi connectivity index (χ1) is 15.5. The lowest BCUT2D eigenvalue weighted by Gasteiger charge is -2.18. The molecule has 1 saturated heterocycles. The molecule has 0 amide bonds. The average molecular weight is 465 g/mol. The predicted octanol–water partition coefficient (Wildman–Crippen LogP) is 5.40. The van der Waals surface area contributed by atoms with Crippen LogP contribution in [-0.2, 0) is 10.0 Å². The molecule has 5 rings (SSSR count). The van der Waals surface area contributed by atoms with E-state index in [-0.39, 0.29) is 11.0 Å². The standard InChI is InChI=1S/C25H21ClN2O3S/c26-21-7-1-5-20(16-21)18-9-11-23(12-10-18)32(29,30)28-15-13-22(17-28)31-24-8-2-4-19-6-3-14-27-25(19)24/h1-12,14,16,22H,13,15,17H2. The molecule has 0 radical (unpaired) electrons. The molecule has 32 heavy (non-hydrogen) atoms. The van der Waals surface area contributed by atoms with Crippen LogP contribution in [-0.4, -0.2) is 36.9 Å². The van der Waals surface area contributed by atoms with E-state index in [2.05, 4.69) is 4.98 Å².